The van der Waals surface area contributed by atoms with E-state index < -0.39 is 16.6 Å². The first-order valence-corrected chi connectivity index (χ1v) is 12.4. The van der Waals surface area contributed by atoms with Gasteiger partial charge in [0.2, 0.25) is 10.0 Å². The molecule has 9 heteroatoms. The lowest BCUT2D eigenvalue weighted by Gasteiger charge is -2.30. The van der Waals surface area contributed by atoms with Crippen LogP contribution in [0.4, 0.5) is 14.5 Å². The van der Waals surface area contributed by atoms with Crippen molar-refractivity contribution < 1.29 is 21.9 Å². The van der Waals surface area contributed by atoms with Gasteiger partial charge in [-0.3, -0.25) is 4.31 Å². The highest BCUT2D eigenvalue weighted by atomic mass is 32.2. The molecule has 2 saturated carbocycles. The Morgan fingerprint density at radius 3 is 2.36 bits per heavy atom. The van der Waals surface area contributed by atoms with Crippen molar-refractivity contribution in [3.63, 3.8) is 0 Å². The van der Waals surface area contributed by atoms with Crippen molar-refractivity contribution in [2.75, 3.05) is 11.4 Å². The number of hydrogen-bond donors (Lipinski definition) is 0. The first-order chi connectivity index (χ1) is 15.8. The average molecular weight is 472 g/mol. The highest BCUT2D eigenvalue weighted by Gasteiger charge is 2.39. The maximum Gasteiger partial charge on any atom is 0.387 e. The molecule has 0 bridgehead atoms. The van der Waals surface area contributed by atoms with Crippen LogP contribution in [-0.4, -0.2) is 31.9 Å². The van der Waals surface area contributed by atoms with E-state index in [0.717, 1.165) is 24.8 Å². The van der Waals surface area contributed by atoms with Gasteiger partial charge in [-0.15, -0.1) is 0 Å². The Morgan fingerprint density at radius 1 is 1.12 bits per heavy atom. The molecular weight excluding hydrogens is 448 g/mol. The second kappa shape index (κ2) is 8.03. The minimum absolute atomic E-state index is 0.0499. The van der Waals surface area contributed by atoms with E-state index in [0.29, 0.717) is 40.7 Å². The zero-order valence-corrected chi connectivity index (χ0v) is 18.9. The molecule has 0 radical (unpaired) electrons. The summed E-state index contributed by atoms with van der Waals surface area (Å²) in [5.74, 6) is 0.0499. The number of anilines is 1. The van der Waals surface area contributed by atoms with Gasteiger partial charge in [-0.2, -0.15) is 14.0 Å². The van der Waals surface area contributed by atoms with Crippen LogP contribution in [0.2, 0.25) is 0 Å². The second-order valence-electron chi connectivity index (χ2n) is 8.61. The lowest BCUT2D eigenvalue weighted by Crippen LogP contribution is -2.29. The van der Waals surface area contributed by atoms with E-state index in [1.807, 2.05) is 12.1 Å². The highest BCUT2D eigenvalue weighted by Crippen LogP contribution is 2.44. The van der Waals surface area contributed by atoms with E-state index in [9.17, 15) is 22.5 Å². The molecule has 0 aliphatic heterocycles. The number of nitriles is 1. The van der Waals surface area contributed by atoms with Gasteiger partial charge in [0.25, 0.3) is 0 Å². The van der Waals surface area contributed by atoms with E-state index in [1.165, 1.54) is 10.4 Å². The third-order valence-corrected chi connectivity index (χ3v) is 8.87. The third kappa shape index (κ3) is 3.72. The SMILES string of the molecule is CN(c1ccc(-c2c(C#N)c3ccc(OC(F)F)cc3n2C2CCC2)cc1)S(=O)(=O)C1CC1. The molecule has 0 saturated heterocycles. The molecule has 2 aliphatic rings. The standard InChI is InChI=1S/C24H23F2N3O3S/c1-28(33(30,31)19-10-11-19)16-7-5-15(6-8-16)23-21(14-27)20-12-9-18(32-24(25)26)13-22(20)29(23)17-3-2-4-17/h5-9,12-13,17,19,24H,2-4,10-11H2,1H3. The maximum absolute atomic E-state index is 12.8. The summed E-state index contributed by atoms with van der Waals surface area (Å²) >= 11 is 0. The Kier molecular flexibility index (Phi) is 5.28. The van der Waals surface area contributed by atoms with Crippen molar-refractivity contribution in [2.45, 2.75) is 50.0 Å². The predicted octanol–water partition coefficient (Wildman–Crippen LogP) is 5.43. The first-order valence-electron chi connectivity index (χ1n) is 10.9. The summed E-state index contributed by atoms with van der Waals surface area (Å²) in [5, 5.41) is 10.4. The molecule has 5 rings (SSSR count). The van der Waals surface area contributed by atoms with Crippen LogP contribution in [0.3, 0.4) is 0 Å². The molecule has 2 aromatic carbocycles. The minimum Gasteiger partial charge on any atom is -0.435 e. The normalized spacial score (nSPS) is 16.6. The first kappa shape index (κ1) is 21.7. The van der Waals surface area contributed by atoms with Crippen LogP contribution in [0.15, 0.2) is 42.5 Å². The predicted molar refractivity (Wildman–Crippen MR) is 122 cm³/mol. The molecule has 0 N–H and O–H groups in total. The zero-order chi connectivity index (χ0) is 23.3. The molecule has 33 heavy (non-hydrogen) atoms. The van der Waals surface area contributed by atoms with Gasteiger partial charge in [0, 0.05) is 24.5 Å². The zero-order valence-electron chi connectivity index (χ0n) is 18.0. The summed E-state index contributed by atoms with van der Waals surface area (Å²) in [6, 6.07) is 14.2. The van der Waals surface area contributed by atoms with Gasteiger partial charge in [-0.1, -0.05) is 12.1 Å². The van der Waals surface area contributed by atoms with Crippen molar-refractivity contribution >= 4 is 26.6 Å². The Labute approximate surface area is 191 Å². The summed E-state index contributed by atoms with van der Waals surface area (Å²) in [6.45, 7) is -2.93. The molecule has 2 aliphatic carbocycles. The molecule has 0 atom stereocenters. The number of hydrogen-bond acceptors (Lipinski definition) is 4. The summed E-state index contributed by atoms with van der Waals surface area (Å²) < 4.78 is 58.7. The molecule has 0 amide bonds. The van der Waals surface area contributed by atoms with Crippen LogP contribution in [0.1, 0.15) is 43.7 Å². The van der Waals surface area contributed by atoms with Crippen LogP contribution in [-0.2, 0) is 10.0 Å². The van der Waals surface area contributed by atoms with E-state index in [1.54, 1.807) is 31.3 Å². The number of ether oxygens (including phenoxy) is 1. The fourth-order valence-corrected chi connectivity index (χ4v) is 6.05. The molecule has 1 heterocycles. The lowest BCUT2D eigenvalue weighted by atomic mass is 9.92. The summed E-state index contributed by atoms with van der Waals surface area (Å²) in [7, 11) is -1.81. The maximum atomic E-state index is 12.8. The van der Waals surface area contributed by atoms with E-state index in [4.69, 9.17) is 0 Å². The van der Waals surface area contributed by atoms with Crippen molar-refractivity contribution in [1.29, 1.82) is 5.26 Å². The van der Waals surface area contributed by atoms with Gasteiger partial charge in [0.05, 0.1) is 27.7 Å². The lowest BCUT2D eigenvalue weighted by molar-refractivity contribution is -0.0497. The van der Waals surface area contributed by atoms with Crippen molar-refractivity contribution in [2.24, 2.45) is 0 Å². The van der Waals surface area contributed by atoms with Gasteiger partial charge in [0.1, 0.15) is 11.8 Å². The number of fused-ring (bicyclic) bond motifs is 1. The average Bonchev–Trinajstić information content (AvgIpc) is 3.57. The minimum atomic E-state index is -3.36. The second-order valence-corrected chi connectivity index (χ2v) is 10.9. The number of alkyl halides is 2. The summed E-state index contributed by atoms with van der Waals surface area (Å²) in [5.41, 5.74) is 3.19. The van der Waals surface area contributed by atoms with E-state index in [2.05, 4.69) is 15.4 Å². The van der Waals surface area contributed by atoms with Gasteiger partial charge >= 0.3 is 6.61 Å². The monoisotopic (exact) mass is 471 g/mol. The topological polar surface area (TPSA) is 75.3 Å². The Hall–Kier alpha value is -3.12. The quantitative estimate of drug-likeness (QED) is 0.460. The Morgan fingerprint density at radius 2 is 1.82 bits per heavy atom. The number of rotatable bonds is 7. The van der Waals surface area contributed by atoms with Crippen molar-refractivity contribution in [3.8, 4) is 23.1 Å². The molecule has 0 unspecified atom stereocenters. The highest BCUT2D eigenvalue weighted by molar-refractivity contribution is 7.93. The number of sulfonamides is 1. The van der Waals surface area contributed by atoms with Gasteiger partial charge in [0.15, 0.2) is 0 Å². The number of benzene rings is 2. The third-order valence-electron chi connectivity index (χ3n) is 6.58. The van der Waals surface area contributed by atoms with Crippen LogP contribution in [0, 0.1) is 11.3 Å². The molecule has 2 fully saturated rings. The van der Waals surface area contributed by atoms with E-state index in [-0.39, 0.29) is 17.0 Å². The number of nitrogens with zero attached hydrogens (tertiary/aromatic N) is 3. The van der Waals surface area contributed by atoms with Crippen LogP contribution < -0.4 is 9.04 Å². The molecule has 1 aromatic heterocycles. The molecule has 3 aromatic rings. The fraction of sp³-hybridized carbons (Fsp3) is 0.375. The smallest absolute Gasteiger partial charge is 0.387 e. The van der Waals surface area contributed by atoms with Gasteiger partial charge < -0.3 is 9.30 Å². The Balaban J connectivity index is 1.62. The Bertz CT molecular complexity index is 1350. The van der Waals surface area contributed by atoms with Gasteiger partial charge in [-0.25, -0.2) is 8.42 Å². The molecule has 172 valence electrons. The largest absolute Gasteiger partial charge is 0.435 e. The van der Waals surface area contributed by atoms with Crippen LogP contribution in [0.25, 0.3) is 22.2 Å². The number of halogens is 2. The molecular formula is C24H23F2N3O3S. The molecule has 6 nitrogen and oxygen atoms in total. The van der Waals surface area contributed by atoms with Gasteiger partial charge in [-0.05, 0) is 61.9 Å². The van der Waals surface area contributed by atoms with Crippen LogP contribution in [0.5, 0.6) is 5.75 Å². The van der Waals surface area contributed by atoms with Crippen molar-refractivity contribution in [1.82, 2.24) is 4.57 Å². The molecule has 0 spiro atoms. The van der Waals surface area contributed by atoms with Crippen LogP contribution >= 0.6 is 0 Å². The summed E-state index contributed by atoms with van der Waals surface area (Å²) in [6.07, 6.45) is 4.30. The van der Waals surface area contributed by atoms with Crippen molar-refractivity contribution in [3.05, 3.63) is 48.0 Å². The summed E-state index contributed by atoms with van der Waals surface area (Å²) in [4.78, 5) is 0. The fourth-order valence-electron chi connectivity index (χ4n) is 4.45. The van der Waals surface area contributed by atoms with E-state index >= 15 is 0 Å². The number of aromatic nitrogens is 1.